The van der Waals surface area contributed by atoms with Gasteiger partial charge in [-0.2, -0.15) is 0 Å². The number of ether oxygens (including phenoxy) is 2. The third kappa shape index (κ3) is 5.37. The van der Waals surface area contributed by atoms with Crippen molar-refractivity contribution < 1.29 is 19.4 Å². The van der Waals surface area contributed by atoms with E-state index < -0.39 is 5.60 Å². The number of likely N-dealkylation sites (tertiary alicyclic amines) is 1. The van der Waals surface area contributed by atoms with Crippen LogP contribution in [0.5, 0.6) is 0 Å². The van der Waals surface area contributed by atoms with Crippen molar-refractivity contribution >= 4 is 6.09 Å². The molecule has 0 bridgehead atoms. The molecule has 0 aromatic heterocycles. The van der Waals surface area contributed by atoms with Crippen LogP contribution in [0.15, 0.2) is 0 Å². The summed E-state index contributed by atoms with van der Waals surface area (Å²) < 4.78 is 10.8. The molecule has 1 atom stereocenters. The van der Waals surface area contributed by atoms with Gasteiger partial charge in [0.15, 0.2) is 0 Å². The van der Waals surface area contributed by atoms with Gasteiger partial charge in [0.2, 0.25) is 0 Å². The molecule has 1 aliphatic heterocycles. The highest BCUT2D eigenvalue weighted by Crippen LogP contribution is 2.16. The third-order valence-electron chi connectivity index (χ3n) is 2.47. The summed E-state index contributed by atoms with van der Waals surface area (Å²) >= 11 is 0. The van der Waals surface area contributed by atoms with Crippen LogP contribution >= 0.6 is 0 Å². The molecule has 1 rings (SSSR count). The first-order chi connectivity index (χ1) is 7.92. The van der Waals surface area contributed by atoms with Gasteiger partial charge in [0.1, 0.15) is 5.60 Å². The van der Waals surface area contributed by atoms with Crippen molar-refractivity contribution in [1.82, 2.24) is 4.90 Å². The number of carbonyl (C=O) groups excluding carboxylic acids is 1. The first-order valence-electron chi connectivity index (χ1n) is 6.13. The largest absolute Gasteiger partial charge is 0.444 e. The first kappa shape index (κ1) is 14.3. The molecule has 1 amide bonds. The van der Waals surface area contributed by atoms with E-state index in [1.807, 2.05) is 20.8 Å². The van der Waals surface area contributed by atoms with E-state index in [1.165, 1.54) is 0 Å². The van der Waals surface area contributed by atoms with Gasteiger partial charge in [0.25, 0.3) is 0 Å². The van der Waals surface area contributed by atoms with Crippen molar-refractivity contribution in [3.63, 3.8) is 0 Å². The number of hydrogen-bond donors (Lipinski definition) is 1. The number of nitrogens with zero attached hydrogens (tertiary/aromatic N) is 1. The number of aliphatic hydroxyl groups is 1. The molecule has 0 spiro atoms. The molecule has 5 nitrogen and oxygen atoms in total. The predicted octanol–water partition coefficient (Wildman–Crippen LogP) is 1.39. The Morgan fingerprint density at radius 3 is 2.76 bits per heavy atom. The second-order valence-electron chi connectivity index (χ2n) is 5.28. The van der Waals surface area contributed by atoms with Crippen LogP contribution in [0.25, 0.3) is 0 Å². The van der Waals surface area contributed by atoms with Crippen molar-refractivity contribution in [2.75, 3.05) is 26.3 Å². The zero-order chi connectivity index (χ0) is 12.9. The number of aliphatic hydroxyl groups excluding tert-OH is 1. The Kier molecular flexibility index (Phi) is 5.21. The molecule has 17 heavy (non-hydrogen) atoms. The first-order valence-corrected chi connectivity index (χ1v) is 6.13. The fourth-order valence-corrected chi connectivity index (χ4v) is 1.79. The summed E-state index contributed by atoms with van der Waals surface area (Å²) in [4.78, 5) is 13.5. The van der Waals surface area contributed by atoms with Crippen molar-refractivity contribution in [1.29, 1.82) is 0 Å². The molecule has 0 saturated carbocycles. The third-order valence-corrected chi connectivity index (χ3v) is 2.47. The minimum atomic E-state index is -0.462. The zero-order valence-electron chi connectivity index (χ0n) is 10.9. The van der Waals surface area contributed by atoms with Crippen LogP contribution in [-0.2, 0) is 9.47 Å². The predicted molar refractivity (Wildman–Crippen MR) is 63.9 cm³/mol. The minimum absolute atomic E-state index is 0.0168. The Hall–Kier alpha value is -0.810. The van der Waals surface area contributed by atoms with E-state index in [9.17, 15) is 4.79 Å². The van der Waals surface area contributed by atoms with E-state index in [-0.39, 0.29) is 18.8 Å². The van der Waals surface area contributed by atoms with Gasteiger partial charge >= 0.3 is 6.09 Å². The molecule has 1 unspecified atom stereocenters. The summed E-state index contributed by atoms with van der Waals surface area (Å²) in [7, 11) is 0. The van der Waals surface area contributed by atoms with Crippen LogP contribution in [0.3, 0.4) is 0 Å². The van der Waals surface area contributed by atoms with Gasteiger partial charge in [0, 0.05) is 6.54 Å². The minimum Gasteiger partial charge on any atom is -0.444 e. The molecule has 1 saturated heterocycles. The monoisotopic (exact) mass is 245 g/mol. The van der Waals surface area contributed by atoms with Crippen LogP contribution in [0.2, 0.25) is 0 Å². The topological polar surface area (TPSA) is 59.0 Å². The van der Waals surface area contributed by atoms with E-state index in [0.29, 0.717) is 19.7 Å². The molecule has 5 heteroatoms. The second kappa shape index (κ2) is 6.21. The molecule has 1 fully saturated rings. The average molecular weight is 245 g/mol. The summed E-state index contributed by atoms with van der Waals surface area (Å²) in [5, 5.41) is 8.69. The summed E-state index contributed by atoms with van der Waals surface area (Å²) in [6.45, 7) is 7.18. The van der Waals surface area contributed by atoms with Crippen molar-refractivity contribution in [2.45, 2.75) is 45.3 Å². The van der Waals surface area contributed by atoms with Crippen molar-refractivity contribution in [3.05, 3.63) is 0 Å². The van der Waals surface area contributed by atoms with Crippen molar-refractivity contribution in [2.24, 2.45) is 0 Å². The van der Waals surface area contributed by atoms with Crippen molar-refractivity contribution in [3.8, 4) is 0 Å². The van der Waals surface area contributed by atoms with Crippen LogP contribution in [0.4, 0.5) is 4.79 Å². The SMILES string of the molecule is CC(C)(C)OC(=O)N1CCCC(OCCO)C1. The molecule has 0 aromatic rings. The molecule has 0 aromatic carbocycles. The lowest BCUT2D eigenvalue weighted by molar-refractivity contribution is -0.0278. The Labute approximate surface area is 103 Å². The fraction of sp³-hybridized carbons (Fsp3) is 0.917. The molecule has 1 heterocycles. The number of piperidine rings is 1. The smallest absolute Gasteiger partial charge is 0.410 e. The fourth-order valence-electron chi connectivity index (χ4n) is 1.79. The number of rotatable bonds is 3. The Morgan fingerprint density at radius 1 is 1.47 bits per heavy atom. The van der Waals surface area contributed by atoms with E-state index in [1.54, 1.807) is 4.90 Å². The maximum absolute atomic E-state index is 11.8. The van der Waals surface area contributed by atoms with Gasteiger partial charge in [-0.25, -0.2) is 4.79 Å². The molecule has 100 valence electrons. The van der Waals surface area contributed by atoms with Crippen LogP contribution in [-0.4, -0.2) is 54.1 Å². The maximum atomic E-state index is 11.8. The zero-order valence-corrected chi connectivity index (χ0v) is 10.9. The van der Waals surface area contributed by atoms with Gasteiger partial charge in [-0.15, -0.1) is 0 Å². The normalized spacial score (nSPS) is 21.4. The number of carbonyl (C=O) groups is 1. The van der Waals surface area contributed by atoms with Crippen LogP contribution < -0.4 is 0 Å². The average Bonchev–Trinajstić information content (AvgIpc) is 2.24. The van der Waals surface area contributed by atoms with Gasteiger partial charge in [-0.1, -0.05) is 0 Å². The van der Waals surface area contributed by atoms with E-state index >= 15 is 0 Å². The lowest BCUT2D eigenvalue weighted by atomic mass is 10.1. The quantitative estimate of drug-likeness (QED) is 0.816. The van der Waals surface area contributed by atoms with Crippen LogP contribution in [0, 0.1) is 0 Å². The highest BCUT2D eigenvalue weighted by molar-refractivity contribution is 5.68. The maximum Gasteiger partial charge on any atom is 0.410 e. The molecular weight excluding hydrogens is 222 g/mol. The molecule has 1 aliphatic rings. The van der Waals surface area contributed by atoms with E-state index in [0.717, 1.165) is 12.8 Å². The lowest BCUT2D eigenvalue weighted by Crippen LogP contribution is -2.45. The summed E-state index contributed by atoms with van der Waals surface area (Å²) in [6.07, 6.45) is 1.58. The second-order valence-corrected chi connectivity index (χ2v) is 5.28. The molecule has 1 N–H and O–H groups in total. The highest BCUT2D eigenvalue weighted by atomic mass is 16.6. The van der Waals surface area contributed by atoms with Gasteiger partial charge in [-0.3, -0.25) is 0 Å². The number of amides is 1. The van der Waals surface area contributed by atoms with Gasteiger partial charge < -0.3 is 19.5 Å². The van der Waals surface area contributed by atoms with Crippen LogP contribution in [0.1, 0.15) is 33.6 Å². The standard InChI is InChI=1S/C12H23NO4/c1-12(2,3)17-11(15)13-6-4-5-10(9-13)16-8-7-14/h10,14H,4-9H2,1-3H3. The Morgan fingerprint density at radius 2 is 2.18 bits per heavy atom. The Balaban J connectivity index is 2.40. The van der Waals surface area contributed by atoms with E-state index in [4.69, 9.17) is 14.6 Å². The Bertz CT molecular complexity index is 249. The molecule has 0 aliphatic carbocycles. The molecular formula is C12H23NO4. The summed E-state index contributed by atoms with van der Waals surface area (Å²) in [5.41, 5.74) is -0.462. The lowest BCUT2D eigenvalue weighted by Gasteiger charge is -2.33. The number of hydrogen-bond acceptors (Lipinski definition) is 4. The summed E-state index contributed by atoms with van der Waals surface area (Å²) in [6, 6.07) is 0. The van der Waals surface area contributed by atoms with Gasteiger partial charge in [-0.05, 0) is 33.6 Å². The van der Waals surface area contributed by atoms with Gasteiger partial charge in [0.05, 0.1) is 25.9 Å². The molecule has 0 radical (unpaired) electrons. The van der Waals surface area contributed by atoms with E-state index in [2.05, 4.69) is 0 Å². The summed E-state index contributed by atoms with van der Waals surface area (Å²) in [5.74, 6) is 0. The highest BCUT2D eigenvalue weighted by Gasteiger charge is 2.27.